The molecule has 0 bridgehead atoms. The number of aromatic nitrogens is 1. The highest BCUT2D eigenvalue weighted by Gasteiger charge is 2.28. The Morgan fingerprint density at radius 2 is 2.15 bits per heavy atom. The van der Waals surface area contributed by atoms with Gasteiger partial charge in [0.05, 0.1) is 5.56 Å². The van der Waals surface area contributed by atoms with E-state index in [2.05, 4.69) is 29.1 Å². The Kier molecular flexibility index (Phi) is 4.75. The van der Waals surface area contributed by atoms with E-state index in [1.54, 1.807) is 18.5 Å². The molecule has 1 heterocycles. The predicted molar refractivity (Wildman–Crippen MR) is 77.2 cm³/mol. The third-order valence-corrected chi connectivity index (χ3v) is 3.68. The fourth-order valence-electron chi connectivity index (χ4n) is 2.58. The normalized spacial score (nSPS) is 16.9. The zero-order valence-corrected chi connectivity index (χ0v) is 11.8. The first-order chi connectivity index (χ1) is 9.63. The lowest BCUT2D eigenvalue weighted by molar-refractivity contribution is 0.0882. The summed E-state index contributed by atoms with van der Waals surface area (Å²) < 4.78 is 0. The Bertz CT molecular complexity index is 537. The quantitative estimate of drug-likeness (QED) is 0.808. The molecule has 1 aromatic rings. The molecule has 4 nitrogen and oxygen atoms in total. The molecule has 1 aliphatic rings. The van der Waals surface area contributed by atoms with Crippen LogP contribution in [-0.4, -0.2) is 28.1 Å². The van der Waals surface area contributed by atoms with E-state index in [0.29, 0.717) is 11.1 Å². The molecule has 0 radical (unpaired) electrons. The smallest absolute Gasteiger partial charge is 0.253 e. The maximum atomic E-state index is 12.3. The molecule has 0 spiro atoms. The van der Waals surface area contributed by atoms with Crippen molar-refractivity contribution in [3.05, 3.63) is 29.6 Å². The molecule has 1 saturated carbocycles. The predicted octanol–water partition coefficient (Wildman–Crippen LogP) is 1.88. The number of hydrogen-bond donors (Lipinski definition) is 2. The second kappa shape index (κ2) is 6.53. The summed E-state index contributed by atoms with van der Waals surface area (Å²) in [5, 5.41) is 11.8. The van der Waals surface area contributed by atoms with Gasteiger partial charge in [-0.1, -0.05) is 31.1 Å². The third kappa shape index (κ3) is 3.82. The van der Waals surface area contributed by atoms with Gasteiger partial charge in [0.1, 0.15) is 6.61 Å². The van der Waals surface area contributed by atoms with Crippen LogP contribution >= 0.6 is 0 Å². The molecule has 0 aliphatic heterocycles. The lowest BCUT2D eigenvalue weighted by atomic mass is 9.83. The molecule has 106 valence electrons. The van der Waals surface area contributed by atoms with Crippen molar-refractivity contribution in [2.75, 3.05) is 6.61 Å². The molecule has 0 unspecified atom stereocenters. The molecule has 2 rings (SSSR count). The van der Waals surface area contributed by atoms with Crippen molar-refractivity contribution in [1.82, 2.24) is 10.3 Å². The molecule has 0 atom stereocenters. The summed E-state index contributed by atoms with van der Waals surface area (Å²) in [5.41, 5.74) is 1.05. The van der Waals surface area contributed by atoms with Crippen molar-refractivity contribution in [3.63, 3.8) is 0 Å². The van der Waals surface area contributed by atoms with Crippen LogP contribution in [0.4, 0.5) is 0 Å². The zero-order valence-electron chi connectivity index (χ0n) is 11.8. The molecular formula is C16H20N2O2. The first kappa shape index (κ1) is 14.5. The van der Waals surface area contributed by atoms with Crippen LogP contribution in [0, 0.1) is 11.8 Å². The summed E-state index contributed by atoms with van der Waals surface area (Å²) >= 11 is 0. The minimum Gasteiger partial charge on any atom is -0.384 e. The summed E-state index contributed by atoms with van der Waals surface area (Å²) in [6.45, 7) is 1.90. The summed E-state index contributed by atoms with van der Waals surface area (Å²) in [6.07, 6.45) is 8.76. The molecule has 0 aromatic carbocycles. The number of carbonyl (C=O) groups is 1. The van der Waals surface area contributed by atoms with Gasteiger partial charge in [0.15, 0.2) is 0 Å². The lowest BCUT2D eigenvalue weighted by Crippen LogP contribution is -2.47. The summed E-state index contributed by atoms with van der Waals surface area (Å²) in [6, 6.07) is 1.71. The van der Waals surface area contributed by atoms with Crippen LogP contribution in [0.5, 0.6) is 0 Å². The average molecular weight is 272 g/mol. The van der Waals surface area contributed by atoms with Crippen LogP contribution in [0.3, 0.4) is 0 Å². The highest BCUT2D eigenvalue weighted by Crippen LogP contribution is 2.27. The highest BCUT2D eigenvalue weighted by molar-refractivity contribution is 5.94. The van der Waals surface area contributed by atoms with Gasteiger partial charge in [0.2, 0.25) is 0 Å². The number of rotatable bonds is 2. The first-order valence-corrected chi connectivity index (χ1v) is 7.00. The number of nitrogens with zero attached hydrogens (tertiary/aromatic N) is 1. The number of amides is 1. The molecule has 4 heteroatoms. The van der Waals surface area contributed by atoms with E-state index < -0.39 is 0 Å². The van der Waals surface area contributed by atoms with Crippen LogP contribution in [-0.2, 0) is 0 Å². The number of hydrogen-bond acceptors (Lipinski definition) is 3. The maximum Gasteiger partial charge on any atom is 0.253 e. The molecule has 1 fully saturated rings. The Morgan fingerprint density at radius 3 is 2.85 bits per heavy atom. The molecule has 0 saturated heterocycles. The molecule has 1 aliphatic carbocycles. The topological polar surface area (TPSA) is 62.2 Å². The van der Waals surface area contributed by atoms with E-state index in [9.17, 15) is 4.79 Å². The van der Waals surface area contributed by atoms with E-state index in [1.165, 1.54) is 6.42 Å². The van der Waals surface area contributed by atoms with Crippen molar-refractivity contribution in [3.8, 4) is 11.8 Å². The first-order valence-electron chi connectivity index (χ1n) is 7.00. The fraction of sp³-hybridized carbons (Fsp3) is 0.500. The standard InChI is InChI=1S/C16H20N2O2/c1-16(7-3-2-4-8-16)18-15(20)14-10-13(6-5-9-19)11-17-12-14/h10-12,19H,2-4,7-9H2,1H3,(H,18,20). The van der Waals surface area contributed by atoms with Crippen molar-refractivity contribution in [1.29, 1.82) is 0 Å². The van der Waals surface area contributed by atoms with Gasteiger partial charge in [-0.25, -0.2) is 0 Å². The SMILES string of the molecule is CC1(NC(=O)c2cncc(C#CCO)c2)CCCCC1. The van der Waals surface area contributed by atoms with Gasteiger partial charge in [-0.3, -0.25) is 9.78 Å². The summed E-state index contributed by atoms with van der Waals surface area (Å²) in [4.78, 5) is 16.3. The van der Waals surface area contributed by atoms with Crippen LogP contribution in [0.1, 0.15) is 54.9 Å². The van der Waals surface area contributed by atoms with Gasteiger partial charge >= 0.3 is 0 Å². The number of aliphatic hydroxyl groups excluding tert-OH is 1. The van der Waals surface area contributed by atoms with Crippen molar-refractivity contribution in [2.24, 2.45) is 0 Å². The van der Waals surface area contributed by atoms with E-state index in [0.717, 1.165) is 25.7 Å². The fourth-order valence-corrected chi connectivity index (χ4v) is 2.58. The highest BCUT2D eigenvalue weighted by atomic mass is 16.2. The van der Waals surface area contributed by atoms with Crippen molar-refractivity contribution < 1.29 is 9.90 Å². The molecule has 20 heavy (non-hydrogen) atoms. The molecule has 2 N–H and O–H groups in total. The van der Waals surface area contributed by atoms with Crippen molar-refractivity contribution >= 4 is 5.91 Å². The van der Waals surface area contributed by atoms with Gasteiger partial charge in [0.25, 0.3) is 5.91 Å². The third-order valence-electron chi connectivity index (χ3n) is 3.68. The van der Waals surface area contributed by atoms with E-state index in [1.807, 2.05) is 0 Å². The van der Waals surface area contributed by atoms with Gasteiger partial charge in [-0.05, 0) is 25.8 Å². The Morgan fingerprint density at radius 1 is 1.40 bits per heavy atom. The zero-order chi connectivity index (χ0) is 14.4. The Labute approximate surface area is 119 Å². The van der Waals surface area contributed by atoms with Gasteiger partial charge < -0.3 is 10.4 Å². The van der Waals surface area contributed by atoms with Crippen LogP contribution in [0.15, 0.2) is 18.5 Å². The number of carbonyl (C=O) groups excluding carboxylic acids is 1. The second-order valence-electron chi connectivity index (χ2n) is 5.50. The van der Waals surface area contributed by atoms with Crippen LogP contribution < -0.4 is 5.32 Å². The van der Waals surface area contributed by atoms with Gasteiger partial charge in [-0.15, -0.1) is 0 Å². The summed E-state index contributed by atoms with van der Waals surface area (Å²) in [5.74, 6) is 5.21. The van der Waals surface area contributed by atoms with Gasteiger partial charge in [-0.2, -0.15) is 0 Å². The van der Waals surface area contributed by atoms with Crippen LogP contribution in [0.25, 0.3) is 0 Å². The minimum absolute atomic E-state index is 0.102. The van der Waals surface area contributed by atoms with Crippen LogP contribution in [0.2, 0.25) is 0 Å². The molecule has 1 aromatic heterocycles. The van der Waals surface area contributed by atoms with E-state index in [4.69, 9.17) is 5.11 Å². The minimum atomic E-state index is -0.200. The lowest BCUT2D eigenvalue weighted by Gasteiger charge is -2.34. The second-order valence-corrected chi connectivity index (χ2v) is 5.50. The van der Waals surface area contributed by atoms with E-state index in [-0.39, 0.29) is 18.1 Å². The monoisotopic (exact) mass is 272 g/mol. The summed E-state index contributed by atoms with van der Waals surface area (Å²) in [7, 11) is 0. The van der Waals surface area contributed by atoms with E-state index >= 15 is 0 Å². The Balaban J connectivity index is 2.08. The number of aliphatic hydroxyl groups is 1. The van der Waals surface area contributed by atoms with Crippen molar-refractivity contribution in [2.45, 2.75) is 44.6 Å². The number of nitrogens with one attached hydrogen (secondary N) is 1. The number of pyridine rings is 1. The maximum absolute atomic E-state index is 12.3. The molecule has 1 amide bonds. The van der Waals surface area contributed by atoms with Gasteiger partial charge in [0, 0.05) is 23.5 Å². The average Bonchev–Trinajstić information content (AvgIpc) is 2.45. The Hall–Kier alpha value is -1.86. The molecular weight excluding hydrogens is 252 g/mol. The largest absolute Gasteiger partial charge is 0.384 e.